The molecule has 0 radical (unpaired) electrons. The van der Waals surface area contributed by atoms with Gasteiger partial charge in [-0.25, -0.2) is 4.39 Å². The summed E-state index contributed by atoms with van der Waals surface area (Å²) in [4.78, 5) is 16.2. The molecule has 0 unspecified atom stereocenters. The van der Waals surface area contributed by atoms with Crippen molar-refractivity contribution in [3.63, 3.8) is 0 Å². The molecule has 1 amide bonds. The molecule has 1 aromatic rings. The Hall–Kier alpha value is -1.50. The van der Waals surface area contributed by atoms with Crippen LogP contribution in [0.1, 0.15) is 10.4 Å². The summed E-state index contributed by atoms with van der Waals surface area (Å²) in [5, 5.41) is 8.95. The highest BCUT2D eigenvalue weighted by Crippen LogP contribution is 2.14. The van der Waals surface area contributed by atoms with Crippen molar-refractivity contribution < 1.29 is 19.0 Å². The van der Waals surface area contributed by atoms with E-state index in [1.807, 2.05) is 11.9 Å². The van der Waals surface area contributed by atoms with Crippen LogP contribution < -0.4 is 0 Å². The first-order valence-corrected chi connectivity index (χ1v) is 7.05. The largest absolute Gasteiger partial charge is 0.395 e. The van der Waals surface area contributed by atoms with Crippen LogP contribution in [0, 0.1) is 5.82 Å². The van der Waals surface area contributed by atoms with Crippen LogP contribution in [0.15, 0.2) is 24.3 Å². The zero-order valence-corrected chi connectivity index (χ0v) is 12.2. The van der Waals surface area contributed by atoms with E-state index in [9.17, 15) is 9.18 Å². The molecule has 1 atom stereocenters. The van der Waals surface area contributed by atoms with Gasteiger partial charge in [0, 0.05) is 25.2 Å². The lowest BCUT2D eigenvalue weighted by molar-refractivity contribution is -0.0109. The standard InChI is InChI=1S/C15H21FN2O3/c1-17(5-7-19)10-14-11-21-8-6-18(14)15(20)12-3-2-4-13(16)9-12/h2-4,9,14,19H,5-8,10-11H2,1H3/t14-/m1/s1. The number of morpholine rings is 1. The third-order valence-corrected chi connectivity index (χ3v) is 3.56. The average molecular weight is 296 g/mol. The molecule has 0 aromatic heterocycles. The number of ether oxygens (including phenoxy) is 1. The SMILES string of the molecule is CN(CCO)C[C@@H]1COCCN1C(=O)c1cccc(F)c1. The maximum absolute atomic E-state index is 13.3. The minimum atomic E-state index is -0.414. The minimum Gasteiger partial charge on any atom is -0.395 e. The maximum atomic E-state index is 13.3. The molecule has 0 bridgehead atoms. The van der Waals surface area contributed by atoms with Gasteiger partial charge >= 0.3 is 0 Å². The second-order valence-corrected chi connectivity index (χ2v) is 5.22. The normalized spacial score (nSPS) is 19.0. The predicted molar refractivity (Wildman–Crippen MR) is 76.6 cm³/mol. The van der Waals surface area contributed by atoms with E-state index in [0.29, 0.717) is 38.4 Å². The Bertz CT molecular complexity index is 484. The zero-order valence-electron chi connectivity index (χ0n) is 12.2. The Kier molecular flexibility index (Phi) is 5.67. The number of halogens is 1. The number of hydrogen-bond donors (Lipinski definition) is 1. The van der Waals surface area contributed by atoms with E-state index >= 15 is 0 Å². The van der Waals surface area contributed by atoms with Gasteiger partial charge in [0.25, 0.3) is 5.91 Å². The molecule has 1 aliphatic rings. The molecular weight excluding hydrogens is 275 g/mol. The Morgan fingerprint density at radius 3 is 3.10 bits per heavy atom. The van der Waals surface area contributed by atoms with Crippen LogP contribution in [0.4, 0.5) is 4.39 Å². The number of aliphatic hydroxyl groups excluding tert-OH is 1. The molecule has 1 heterocycles. The van der Waals surface area contributed by atoms with Gasteiger partial charge in [-0.1, -0.05) is 6.07 Å². The molecule has 116 valence electrons. The smallest absolute Gasteiger partial charge is 0.254 e. The second-order valence-electron chi connectivity index (χ2n) is 5.22. The van der Waals surface area contributed by atoms with Crippen LogP contribution in [-0.2, 0) is 4.74 Å². The first kappa shape index (κ1) is 15.9. The van der Waals surface area contributed by atoms with E-state index in [-0.39, 0.29) is 18.6 Å². The van der Waals surface area contributed by atoms with Gasteiger partial charge in [0.05, 0.1) is 25.9 Å². The Morgan fingerprint density at radius 2 is 2.38 bits per heavy atom. The van der Waals surface area contributed by atoms with Crippen LogP contribution in [-0.4, -0.2) is 73.4 Å². The molecule has 1 aromatic carbocycles. The Morgan fingerprint density at radius 1 is 1.57 bits per heavy atom. The van der Waals surface area contributed by atoms with Gasteiger partial charge in [0.2, 0.25) is 0 Å². The molecule has 1 aliphatic heterocycles. The number of carbonyl (C=O) groups excluding carboxylic acids is 1. The number of amides is 1. The van der Waals surface area contributed by atoms with E-state index in [1.54, 1.807) is 11.0 Å². The molecule has 0 saturated carbocycles. The summed E-state index contributed by atoms with van der Waals surface area (Å²) < 4.78 is 18.7. The van der Waals surface area contributed by atoms with Crippen LogP contribution in [0.2, 0.25) is 0 Å². The lowest BCUT2D eigenvalue weighted by Crippen LogP contribution is -2.53. The number of aliphatic hydroxyl groups is 1. The van der Waals surface area contributed by atoms with Gasteiger partial charge in [-0.3, -0.25) is 4.79 Å². The van der Waals surface area contributed by atoms with Gasteiger partial charge in [-0.05, 0) is 25.2 Å². The summed E-state index contributed by atoms with van der Waals surface area (Å²) in [6.45, 7) is 2.66. The number of carbonyl (C=O) groups is 1. The van der Waals surface area contributed by atoms with Crippen molar-refractivity contribution in [2.24, 2.45) is 0 Å². The summed E-state index contributed by atoms with van der Waals surface area (Å²) in [6, 6.07) is 5.64. The third-order valence-electron chi connectivity index (χ3n) is 3.56. The highest BCUT2D eigenvalue weighted by molar-refractivity contribution is 5.94. The van der Waals surface area contributed by atoms with Crippen LogP contribution in [0.5, 0.6) is 0 Å². The van der Waals surface area contributed by atoms with Crippen LogP contribution in [0.25, 0.3) is 0 Å². The molecule has 1 saturated heterocycles. The van der Waals surface area contributed by atoms with Gasteiger partial charge in [-0.2, -0.15) is 0 Å². The van der Waals surface area contributed by atoms with E-state index in [0.717, 1.165) is 0 Å². The molecule has 1 fully saturated rings. The minimum absolute atomic E-state index is 0.0713. The maximum Gasteiger partial charge on any atom is 0.254 e. The van der Waals surface area contributed by atoms with Crippen LogP contribution >= 0.6 is 0 Å². The van der Waals surface area contributed by atoms with E-state index < -0.39 is 5.82 Å². The first-order valence-electron chi connectivity index (χ1n) is 7.05. The Labute approximate surface area is 123 Å². The number of hydrogen-bond acceptors (Lipinski definition) is 4. The quantitative estimate of drug-likeness (QED) is 0.864. The highest BCUT2D eigenvalue weighted by atomic mass is 19.1. The van der Waals surface area contributed by atoms with Gasteiger partial charge in [0.1, 0.15) is 5.82 Å². The molecule has 5 nitrogen and oxygen atoms in total. The van der Waals surface area contributed by atoms with Crippen molar-refractivity contribution in [2.45, 2.75) is 6.04 Å². The monoisotopic (exact) mass is 296 g/mol. The van der Waals surface area contributed by atoms with Crippen molar-refractivity contribution in [1.82, 2.24) is 9.80 Å². The second kappa shape index (κ2) is 7.49. The summed E-state index contributed by atoms with van der Waals surface area (Å²) in [5.74, 6) is -0.594. The van der Waals surface area contributed by atoms with E-state index in [4.69, 9.17) is 9.84 Å². The topological polar surface area (TPSA) is 53.0 Å². The average Bonchev–Trinajstić information content (AvgIpc) is 2.47. The molecule has 0 spiro atoms. The van der Waals surface area contributed by atoms with Gasteiger partial charge in [0.15, 0.2) is 0 Å². The first-order chi connectivity index (χ1) is 10.1. The summed E-state index contributed by atoms with van der Waals surface area (Å²) in [6.07, 6.45) is 0. The van der Waals surface area contributed by atoms with Gasteiger partial charge < -0.3 is 19.6 Å². The van der Waals surface area contributed by atoms with Crippen molar-refractivity contribution in [3.8, 4) is 0 Å². The van der Waals surface area contributed by atoms with Crippen LogP contribution in [0.3, 0.4) is 0 Å². The fourth-order valence-corrected chi connectivity index (χ4v) is 2.48. The fraction of sp³-hybridized carbons (Fsp3) is 0.533. The lowest BCUT2D eigenvalue weighted by Gasteiger charge is -2.37. The Balaban J connectivity index is 2.09. The third kappa shape index (κ3) is 4.23. The van der Waals surface area contributed by atoms with Gasteiger partial charge in [-0.15, -0.1) is 0 Å². The molecule has 0 aliphatic carbocycles. The summed E-state index contributed by atoms with van der Waals surface area (Å²) in [7, 11) is 1.88. The highest BCUT2D eigenvalue weighted by Gasteiger charge is 2.29. The summed E-state index contributed by atoms with van der Waals surface area (Å²) in [5.41, 5.74) is 0.353. The molecular formula is C15H21FN2O3. The zero-order chi connectivity index (χ0) is 15.2. The van der Waals surface area contributed by atoms with Crippen molar-refractivity contribution in [3.05, 3.63) is 35.6 Å². The van der Waals surface area contributed by atoms with Crippen molar-refractivity contribution in [2.75, 3.05) is 46.5 Å². The molecule has 2 rings (SSSR count). The van der Waals surface area contributed by atoms with E-state index in [1.165, 1.54) is 18.2 Å². The number of rotatable bonds is 5. The lowest BCUT2D eigenvalue weighted by atomic mass is 10.1. The number of nitrogens with zero attached hydrogens (tertiary/aromatic N) is 2. The predicted octanol–water partition coefficient (Wildman–Crippen LogP) is 0.591. The van der Waals surface area contributed by atoms with Crippen molar-refractivity contribution >= 4 is 5.91 Å². The number of benzene rings is 1. The molecule has 1 N–H and O–H groups in total. The van der Waals surface area contributed by atoms with Crippen molar-refractivity contribution in [1.29, 1.82) is 0 Å². The molecule has 21 heavy (non-hydrogen) atoms. The summed E-state index contributed by atoms with van der Waals surface area (Å²) >= 11 is 0. The van der Waals surface area contributed by atoms with E-state index in [2.05, 4.69) is 0 Å². The molecule has 6 heteroatoms. The fourth-order valence-electron chi connectivity index (χ4n) is 2.48. The number of likely N-dealkylation sites (N-methyl/N-ethyl adjacent to an activating group) is 1.